The highest BCUT2D eigenvalue weighted by molar-refractivity contribution is 5.09. The summed E-state index contributed by atoms with van der Waals surface area (Å²) in [6.45, 7) is 2.20. The SMILES string of the molecule is CCC1=CC(N)CCC1. The van der Waals surface area contributed by atoms with Gasteiger partial charge in [-0.2, -0.15) is 0 Å². The van der Waals surface area contributed by atoms with Crippen molar-refractivity contribution in [3.63, 3.8) is 0 Å². The minimum atomic E-state index is 0.355. The Morgan fingerprint density at radius 3 is 3.00 bits per heavy atom. The van der Waals surface area contributed by atoms with E-state index in [0.29, 0.717) is 6.04 Å². The Morgan fingerprint density at radius 1 is 1.78 bits per heavy atom. The molecule has 1 atom stereocenters. The molecule has 0 aliphatic heterocycles. The first-order chi connectivity index (χ1) is 4.33. The van der Waals surface area contributed by atoms with E-state index in [-0.39, 0.29) is 0 Å². The van der Waals surface area contributed by atoms with Gasteiger partial charge in [0.25, 0.3) is 0 Å². The van der Waals surface area contributed by atoms with Gasteiger partial charge < -0.3 is 5.73 Å². The third-order valence-electron chi connectivity index (χ3n) is 1.94. The maximum atomic E-state index is 5.72. The third kappa shape index (κ3) is 1.83. The number of rotatable bonds is 1. The van der Waals surface area contributed by atoms with Crippen molar-refractivity contribution in [1.82, 2.24) is 0 Å². The molecular formula is C8H15N. The minimum absolute atomic E-state index is 0.355. The first kappa shape index (κ1) is 6.81. The number of nitrogens with two attached hydrogens (primary N) is 1. The average molecular weight is 125 g/mol. The molecule has 0 spiro atoms. The molecule has 0 amide bonds. The van der Waals surface area contributed by atoms with Crippen LogP contribution >= 0.6 is 0 Å². The lowest BCUT2D eigenvalue weighted by Crippen LogP contribution is -2.20. The van der Waals surface area contributed by atoms with Crippen LogP contribution in [0.1, 0.15) is 32.6 Å². The normalized spacial score (nSPS) is 27.8. The van der Waals surface area contributed by atoms with Gasteiger partial charge in [0.1, 0.15) is 0 Å². The van der Waals surface area contributed by atoms with Crippen molar-refractivity contribution < 1.29 is 0 Å². The maximum Gasteiger partial charge on any atom is 0.0226 e. The van der Waals surface area contributed by atoms with E-state index in [0.717, 1.165) is 0 Å². The van der Waals surface area contributed by atoms with Gasteiger partial charge in [-0.15, -0.1) is 0 Å². The zero-order valence-electron chi connectivity index (χ0n) is 6.06. The van der Waals surface area contributed by atoms with Crippen LogP contribution in [0.25, 0.3) is 0 Å². The lowest BCUT2D eigenvalue weighted by Gasteiger charge is -2.15. The van der Waals surface area contributed by atoms with Crippen LogP contribution in [-0.4, -0.2) is 6.04 Å². The highest BCUT2D eigenvalue weighted by Crippen LogP contribution is 2.18. The van der Waals surface area contributed by atoms with Crippen LogP contribution in [0.15, 0.2) is 11.6 Å². The molecule has 1 aliphatic rings. The summed E-state index contributed by atoms with van der Waals surface area (Å²) in [4.78, 5) is 0. The molecule has 0 saturated heterocycles. The molecule has 0 aromatic heterocycles. The Labute approximate surface area is 56.9 Å². The van der Waals surface area contributed by atoms with E-state index in [2.05, 4.69) is 13.0 Å². The summed E-state index contributed by atoms with van der Waals surface area (Å²) >= 11 is 0. The van der Waals surface area contributed by atoms with Gasteiger partial charge in [0.15, 0.2) is 0 Å². The van der Waals surface area contributed by atoms with E-state index >= 15 is 0 Å². The number of hydrogen-bond acceptors (Lipinski definition) is 1. The number of hydrogen-bond donors (Lipinski definition) is 1. The molecule has 2 N–H and O–H groups in total. The zero-order chi connectivity index (χ0) is 6.69. The van der Waals surface area contributed by atoms with Gasteiger partial charge in [0.2, 0.25) is 0 Å². The molecule has 0 saturated carbocycles. The van der Waals surface area contributed by atoms with E-state index in [9.17, 15) is 0 Å². The standard InChI is InChI=1S/C8H15N/c1-2-7-4-3-5-8(9)6-7/h6,8H,2-5,9H2,1H3. The summed E-state index contributed by atoms with van der Waals surface area (Å²) in [6.07, 6.45) is 7.17. The fourth-order valence-electron chi connectivity index (χ4n) is 1.33. The van der Waals surface area contributed by atoms with Crippen molar-refractivity contribution in [3.8, 4) is 0 Å². The van der Waals surface area contributed by atoms with Crippen molar-refractivity contribution in [1.29, 1.82) is 0 Å². The topological polar surface area (TPSA) is 26.0 Å². The van der Waals surface area contributed by atoms with Gasteiger partial charge in [-0.3, -0.25) is 0 Å². The van der Waals surface area contributed by atoms with Crippen molar-refractivity contribution in [2.75, 3.05) is 0 Å². The predicted octanol–water partition coefficient (Wildman–Crippen LogP) is 1.83. The molecule has 1 nitrogen and oxygen atoms in total. The van der Waals surface area contributed by atoms with Crippen molar-refractivity contribution in [3.05, 3.63) is 11.6 Å². The molecule has 9 heavy (non-hydrogen) atoms. The maximum absolute atomic E-state index is 5.72. The minimum Gasteiger partial charge on any atom is -0.324 e. The highest BCUT2D eigenvalue weighted by Gasteiger charge is 2.06. The Balaban J connectivity index is 2.49. The Kier molecular flexibility index (Phi) is 2.29. The molecular weight excluding hydrogens is 110 g/mol. The van der Waals surface area contributed by atoms with Crippen LogP contribution in [0.3, 0.4) is 0 Å². The molecule has 0 aromatic rings. The molecule has 1 aliphatic carbocycles. The predicted molar refractivity (Wildman–Crippen MR) is 40.2 cm³/mol. The summed E-state index contributed by atoms with van der Waals surface area (Å²) in [5.74, 6) is 0. The van der Waals surface area contributed by atoms with Gasteiger partial charge in [0, 0.05) is 6.04 Å². The lowest BCUT2D eigenvalue weighted by molar-refractivity contribution is 0.615. The second-order valence-electron chi connectivity index (χ2n) is 2.73. The largest absolute Gasteiger partial charge is 0.324 e. The summed E-state index contributed by atoms with van der Waals surface area (Å²) in [6, 6.07) is 0.355. The highest BCUT2D eigenvalue weighted by atomic mass is 14.6. The molecule has 0 heterocycles. The smallest absolute Gasteiger partial charge is 0.0226 e. The monoisotopic (exact) mass is 125 g/mol. The average Bonchev–Trinajstić information content (AvgIpc) is 1.88. The molecule has 52 valence electrons. The van der Waals surface area contributed by atoms with Crippen LogP contribution in [0.2, 0.25) is 0 Å². The van der Waals surface area contributed by atoms with Crippen LogP contribution in [0, 0.1) is 0 Å². The summed E-state index contributed by atoms with van der Waals surface area (Å²) < 4.78 is 0. The molecule has 0 fully saturated rings. The summed E-state index contributed by atoms with van der Waals surface area (Å²) in [5.41, 5.74) is 7.27. The third-order valence-corrected chi connectivity index (χ3v) is 1.94. The van der Waals surface area contributed by atoms with Crippen molar-refractivity contribution in [2.24, 2.45) is 5.73 Å². The molecule has 1 unspecified atom stereocenters. The van der Waals surface area contributed by atoms with Crippen LogP contribution in [0.5, 0.6) is 0 Å². The van der Waals surface area contributed by atoms with E-state index in [1.807, 2.05) is 0 Å². The molecule has 1 rings (SSSR count). The quantitative estimate of drug-likeness (QED) is 0.532. The first-order valence-corrected chi connectivity index (χ1v) is 3.78. The van der Waals surface area contributed by atoms with Crippen LogP contribution in [0.4, 0.5) is 0 Å². The van der Waals surface area contributed by atoms with Gasteiger partial charge >= 0.3 is 0 Å². The Hall–Kier alpha value is -0.300. The number of allylic oxidation sites excluding steroid dienone is 1. The summed E-state index contributed by atoms with van der Waals surface area (Å²) in [7, 11) is 0. The van der Waals surface area contributed by atoms with E-state index in [1.165, 1.54) is 25.7 Å². The Bertz CT molecular complexity index is 116. The second-order valence-corrected chi connectivity index (χ2v) is 2.73. The van der Waals surface area contributed by atoms with Gasteiger partial charge in [-0.1, -0.05) is 18.6 Å². The molecule has 0 bridgehead atoms. The van der Waals surface area contributed by atoms with Crippen LogP contribution in [-0.2, 0) is 0 Å². The van der Waals surface area contributed by atoms with Crippen molar-refractivity contribution in [2.45, 2.75) is 38.6 Å². The molecule has 0 aromatic carbocycles. The fraction of sp³-hybridized carbons (Fsp3) is 0.750. The van der Waals surface area contributed by atoms with Gasteiger partial charge in [0.05, 0.1) is 0 Å². The molecule has 0 radical (unpaired) electrons. The van der Waals surface area contributed by atoms with Crippen molar-refractivity contribution >= 4 is 0 Å². The lowest BCUT2D eigenvalue weighted by atomic mass is 9.95. The first-order valence-electron chi connectivity index (χ1n) is 3.78. The van der Waals surface area contributed by atoms with E-state index in [4.69, 9.17) is 5.73 Å². The fourth-order valence-corrected chi connectivity index (χ4v) is 1.33. The summed E-state index contributed by atoms with van der Waals surface area (Å²) in [5, 5.41) is 0. The van der Waals surface area contributed by atoms with Gasteiger partial charge in [-0.25, -0.2) is 0 Å². The van der Waals surface area contributed by atoms with Gasteiger partial charge in [-0.05, 0) is 25.7 Å². The second kappa shape index (κ2) is 3.02. The molecule has 1 heteroatoms. The zero-order valence-corrected chi connectivity index (χ0v) is 6.06. The van der Waals surface area contributed by atoms with Crippen LogP contribution < -0.4 is 5.73 Å². The van der Waals surface area contributed by atoms with E-state index in [1.54, 1.807) is 5.57 Å². The van der Waals surface area contributed by atoms with E-state index < -0.39 is 0 Å². The Morgan fingerprint density at radius 2 is 2.56 bits per heavy atom.